The second-order valence-electron chi connectivity index (χ2n) is 7.93. The summed E-state index contributed by atoms with van der Waals surface area (Å²) in [5.41, 5.74) is 2.64. The first-order chi connectivity index (χ1) is 14.1. The molecule has 1 aromatic heterocycles. The minimum atomic E-state index is 0. The Morgan fingerprint density at radius 1 is 1.33 bits per heavy atom. The molecule has 1 aromatic carbocycles. The van der Waals surface area contributed by atoms with Crippen molar-refractivity contribution in [2.24, 2.45) is 12.0 Å². The lowest BCUT2D eigenvalue weighted by molar-refractivity contribution is -0.00805. The molecular weight excluding hydrogens is 493 g/mol. The van der Waals surface area contributed by atoms with Crippen LogP contribution >= 0.6 is 24.0 Å². The number of rotatable bonds is 6. The van der Waals surface area contributed by atoms with E-state index in [-0.39, 0.29) is 35.5 Å². The Morgan fingerprint density at radius 2 is 2.10 bits per heavy atom. The maximum absolute atomic E-state index is 6.00. The maximum atomic E-state index is 6.00. The number of morpholine rings is 1. The van der Waals surface area contributed by atoms with Gasteiger partial charge >= 0.3 is 0 Å². The molecule has 0 spiro atoms. The number of halogens is 1. The Hall–Kier alpha value is -1.81. The topological polar surface area (TPSA) is 63.9 Å². The number of aryl methyl sites for hydroxylation is 1. The van der Waals surface area contributed by atoms with Crippen molar-refractivity contribution in [2.75, 3.05) is 39.9 Å². The van der Waals surface area contributed by atoms with Crippen LogP contribution in [0.5, 0.6) is 5.75 Å². The SMILES string of the molecule is CCNC(=NCC1(c2ccc(OC)cc2)CC1)N1CCOC(c2cnn(C)c2)C1.I. The van der Waals surface area contributed by atoms with Gasteiger partial charge in [-0.1, -0.05) is 12.1 Å². The molecule has 7 nitrogen and oxygen atoms in total. The molecule has 0 amide bonds. The Kier molecular flexibility index (Phi) is 7.62. The third-order valence-electron chi connectivity index (χ3n) is 5.88. The predicted molar refractivity (Wildman–Crippen MR) is 129 cm³/mol. The lowest BCUT2D eigenvalue weighted by Gasteiger charge is -2.35. The highest BCUT2D eigenvalue weighted by molar-refractivity contribution is 14.0. The summed E-state index contributed by atoms with van der Waals surface area (Å²) < 4.78 is 13.1. The van der Waals surface area contributed by atoms with Crippen LogP contribution in [-0.2, 0) is 17.2 Å². The monoisotopic (exact) mass is 525 g/mol. The van der Waals surface area contributed by atoms with Gasteiger partial charge in [0.15, 0.2) is 5.96 Å². The van der Waals surface area contributed by atoms with Gasteiger partial charge < -0.3 is 19.7 Å². The van der Waals surface area contributed by atoms with E-state index in [9.17, 15) is 0 Å². The highest BCUT2D eigenvalue weighted by atomic mass is 127. The lowest BCUT2D eigenvalue weighted by Crippen LogP contribution is -2.48. The van der Waals surface area contributed by atoms with Gasteiger partial charge in [0.1, 0.15) is 11.9 Å². The Morgan fingerprint density at radius 3 is 2.70 bits per heavy atom. The number of hydrogen-bond acceptors (Lipinski definition) is 4. The molecule has 2 heterocycles. The van der Waals surface area contributed by atoms with Crippen LogP contribution in [0, 0.1) is 0 Å². The van der Waals surface area contributed by atoms with Crippen LogP contribution in [-0.4, -0.2) is 60.5 Å². The quantitative estimate of drug-likeness (QED) is 0.357. The van der Waals surface area contributed by atoms with Gasteiger partial charge in [-0.05, 0) is 37.5 Å². The highest BCUT2D eigenvalue weighted by Gasteiger charge is 2.44. The average molecular weight is 525 g/mol. The van der Waals surface area contributed by atoms with E-state index in [1.54, 1.807) is 7.11 Å². The summed E-state index contributed by atoms with van der Waals surface area (Å²) in [7, 11) is 3.64. The van der Waals surface area contributed by atoms with Gasteiger partial charge in [-0.25, -0.2) is 0 Å². The number of nitrogens with zero attached hydrogens (tertiary/aromatic N) is 4. The van der Waals surface area contributed by atoms with Crippen molar-refractivity contribution in [1.29, 1.82) is 0 Å². The van der Waals surface area contributed by atoms with Crippen LogP contribution in [0.2, 0.25) is 0 Å². The zero-order chi connectivity index (χ0) is 20.3. The average Bonchev–Trinajstić information content (AvgIpc) is 3.43. The molecule has 164 valence electrons. The molecule has 0 radical (unpaired) electrons. The summed E-state index contributed by atoms with van der Waals surface area (Å²) in [5, 5.41) is 7.76. The van der Waals surface area contributed by atoms with Crippen molar-refractivity contribution < 1.29 is 9.47 Å². The molecule has 1 N–H and O–H groups in total. The summed E-state index contributed by atoms with van der Waals surface area (Å²) in [4.78, 5) is 7.36. The molecule has 4 rings (SSSR count). The molecule has 2 aromatic rings. The van der Waals surface area contributed by atoms with Crippen molar-refractivity contribution in [3.63, 3.8) is 0 Å². The van der Waals surface area contributed by atoms with Gasteiger partial charge in [0.2, 0.25) is 0 Å². The second-order valence-corrected chi connectivity index (χ2v) is 7.93. The largest absolute Gasteiger partial charge is 0.497 e. The molecule has 2 fully saturated rings. The first-order valence-corrected chi connectivity index (χ1v) is 10.4. The number of guanidine groups is 1. The van der Waals surface area contributed by atoms with E-state index in [4.69, 9.17) is 14.5 Å². The van der Waals surface area contributed by atoms with Crippen molar-refractivity contribution >= 4 is 29.9 Å². The first-order valence-electron chi connectivity index (χ1n) is 10.4. The zero-order valence-electron chi connectivity index (χ0n) is 18.0. The van der Waals surface area contributed by atoms with E-state index in [1.165, 1.54) is 18.4 Å². The number of nitrogens with one attached hydrogen (secondary N) is 1. The Bertz CT molecular complexity index is 847. The molecule has 1 unspecified atom stereocenters. The minimum absolute atomic E-state index is 0. The summed E-state index contributed by atoms with van der Waals surface area (Å²) in [5.74, 6) is 1.88. The van der Waals surface area contributed by atoms with Crippen LogP contribution < -0.4 is 10.1 Å². The van der Waals surface area contributed by atoms with Crippen molar-refractivity contribution in [3.8, 4) is 5.75 Å². The molecule has 1 saturated heterocycles. The first kappa shape index (κ1) is 22.9. The normalized spacial score (nSPS) is 20.4. The van der Waals surface area contributed by atoms with E-state index >= 15 is 0 Å². The van der Waals surface area contributed by atoms with E-state index in [0.717, 1.165) is 43.5 Å². The predicted octanol–water partition coefficient (Wildman–Crippen LogP) is 3.12. The molecule has 0 bridgehead atoms. The van der Waals surface area contributed by atoms with Crippen LogP contribution in [0.3, 0.4) is 0 Å². The third-order valence-corrected chi connectivity index (χ3v) is 5.88. The standard InChI is InChI=1S/C22H31N5O2.HI/c1-4-23-21(27-11-12-29-20(15-27)17-13-25-26(2)14-17)24-16-22(9-10-22)18-5-7-19(28-3)8-6-18;/h5-8,13-14,20H,4,9-12,15-16H2,1-3H3,(H,23,24);1H. The fourth-order valence-electron chi connectivity index (χ4n) is 3.94. The van der Waals surface area contributed by atoms with Crippen molar-refractivity contribution in [3.05, 3.63) is 47.8 Å². The third kappa shape index (κ3) is 5.08. The van der Waals surface area contributed by atoms with Gasteiger partial charge in [0, 0.05) is 37.3 Å². The maximum Gasteiger partial charge on any atom is 0.194 e. The molecule has 1 aliphatic carbocycles. The van der Waals surface area contributed by atoms with Gasteiger partial charge in [-0.3, -0.25) is 9.67 Å². The van der Waals surface area contributed by atoms with E-state index in [0.29, 0.717) is 6.61 Å². The van der Waals surface area contributed by atoms with Gasteiger partial charge in [0.05, 0.1) is 33.0 Å². The minimum Gasteiger partial charge on any atom is -0.497 e. The molecular formula is C22H32IN5O2. The molecule has 8 heteroatoms. The molecule has 30 heavy (non-hydrogen) atoms. The van der Waals surface area contributed by atoms with E-state index in [1.807, 2.05) is 36.3 Å². The van der Waals surface area contributed by atoms with Crippen LogP contribution in [0.4, 0.5) is 0 Å². The Balaban J connectivity index is 0.00000256. The fourth-order valence-corrected chi connectivity index (χ4v) is 3.94. The number of benzene rings is 1. The van der Waals surface area contributed by atoms with Crippen molar-refractivity contribution in [1.82, 2.24) is 20.0 Å². The molecule has 1 aliphatic heterocycles. The molecule has 1 atom stereocenters. The second kappa shape index (κ2) is 10.00. The highest BCUT2D eigenvalue weighted by Crippen LogP contribution is 2.48. The lowest BCUT2D eigenvalue weighted by atomic mass is 9.96. The summed E-state index contributed by atoms with van der Waals surface area (Å²) in [6.07, 6.45) is 6.31. The summed E-state index contributed by atoms with van der Waals surface area (Å²) in [6, 6.07) is 8.46. The number of aromatic nitrogens is 2. The van der Waals surface area contributed by atoms with Gasteiger partial charge in [-0.15, -0.1) is 24.0 Å². The smallest absolute Gasteiger partial charge is 0.194 e. The van der Waals surface area contributed by atoms with Crippen LogP contribution in [0.1, 0.15) is 37.0 Å². The number of ether oxygens (including phenoxy) is 2. The Labute approximate surface area is 195 Å². The van der Waals surface area contributed by atoms with E-state index < -0.39 is 0 Å². The fraction of sp³-hybridized carbons (Fsp3) is 0.545. The van der Waals surface area contributed by atoms with Crippen LogP contribution in [0.25, 0.3) is 0 Å². The van der Waals surface area contributed by atoms with Gasteiger partial charge in [-0.2, -0.15) is 5.10 Å². The number of aliphatic imine (C=N–C) groups is 1. The molecule has 2 aliphatic rings. The zero-order valence-corrected chi connectivity index (χ0v) is 20.3. The molecule has 1 saturated carbocycles. The summed E-state index contributed by atoms with van der Waals surface area (Å²) in [6.45, 7) is 6.09. The number of hydrogen-bond donors (Lipinski definition) is 1. The summed E-state index contributed by atoms with van der Waals surface area (Å²) >= 11 is 0. The van der Waals surface area contributed by atoms with Gasteiger partial charge in [0.25, 0.3) is 0 Å². The van der Waals surface area contributed by atoms with E-state index in [2.05, 4.69) is 34.4 Å². The van der Waals surface area contributed by atoms with Crippen molar-refractivity contribution in [2.45, 2.75) is 31.3 Å². The van der Waals surface area contributed by atoms with Crippen LogP contribution in [0.15, 0.2) is 41.7 Å². The number of methoxy groups -OCH3 is 1.